The van der Waals surface area contributed by atoms with Crippen LogP contribution in [-0.4, -0.2) is 25.3 Å². The molecule has 78 valence electrons. The second kappa shape index (κ2) is 6.39. The first-order chi connectivity index (χ1) is 6.33. The maximum absolute atomic E-state index is 5.42. The molecule has 2 nitrogen and oxygen atoms in total. The summed E-state index contributed by atoms with van der Waals surface area (Å²) in [7, 11) is 0. The van der Waals surface area contributed by atoms with Gasteiger partial charge >= 0.3 is 0 Å². The molecule has 1 fully saturated rings. The van der Waals surface area contributed by atoms with Gasteiger partial charge in [-0.25, -0.2) is 0 Å². The highest BCUT2D eigenvalue weighted by molar-refractivity contribution is 4.73. The second-order valence-electron chi connectivity index (χ2n) is 4.12. The summed E-state index contributed by atoms with van der Waals surface area (Å²) in [4.78, 5) is 0. The molecule has 2 heteroatoms. The topological polar surface area (TPSA) is 21.3 Å². The lowest BCUT2D eigenvalue weighted by Gasteiger charge is -2.26. The van der Waals surface area contributed by atoms with E-state index in [1.54, 1.807) is 0 Å². The largest absolute Gasteiger partial charge is 0.380 e. The molecular formula is C11H23NO. The quantitative estimate of drug-likeness (QED) is 0.710. The van der Waals surface area contributed by atoms with Crippen molar-refractivity contribution in [3.63, 3.8) is 0 Å². The summed E-state index contributed by atoms with van der Waals surface area (Å²) in [6.45, 7) is 6.40. The molecule has 2 atom stereocenters. The highest BCUT2D eigenvalue weighted by Crippen LogP contribution is 2.08. The van der Waals surface area contributed by atoms with Crippen LogP contribution in [0, 0.1) is 0 Å². The van der Waals surface area contributed by atoms with Crippen LogP contribution < -0.4 is 5.32 Å². The van der Waals surface area contributed by atoms with Crippen LogP contribution in [0.4, 0.5) is 0 Å². The van der Waals surface area contributed by atoms with Gasteiger partial charge in [0, 0.05) is 18.7 Å². The van der Waals surface area contributed by atoms with Gasteiger partial charge < -0.3 is 10.1 Å². The summed E-state index contributed by atoms with van der Waals surface area (Å²) in [6, 6.07) is 1.27. The van der Waals surface area contributed by atoms with E-state index < -0.39 is 0 Å². The van der Waals surface area contributed by atoms with Crippen molar-refractivity contribution >= 4 is 0 Å². The molecule has 0 amide bonds. The average Bonchev–Trinajstić information content (AvgIpc) is 2.16. The van der Waals surface area contributed by atoms with E-state index in [0.29, 0.717) is 12.1 Å². The standard InChI is InChI=1S/C11H23NO/c1-3-4-6-10(2)12-11-7-5-8-13-9-11/h10-12H,3-9H2,1-2H3. The van der Waals surface area contributed by atoms with Gasteiger partial charge in [0.25, 0.3) is 0 Å². The Morgan fingerprint density at radius 1 is 1.54 bits per heavy atom. The Hall–Kier alpha value is -0.0800. The normalized spacial score (nSPS) is 25.8. The Morgan fingerprint density at radius 2 is 2.38 bits per heavy atom. The molecule has 0 spiro atoms. The Morgan fingerprint density at radius 3 is 3.00 bits per heavy atom. The van der Waals surface area contributed by atoms with Gasteiger partial charge in [0.05, 0.1) is 6.61 Å². The maximum atomic E-state index is 5.42. The van der Waals surface area contributed by atoms with Crippen LogP contribution in [0.1, 0.15) is 46.0 Å². The van der Waals surface area contributed by atoms with Crippen LogP contribution in [0.3, 0.4) is 0 Å². The Bertz CT molecular complexity index is 121. The lowest BCUT2D eigenvalue weighted by atomic mass is 10.1. The van der Waals surface area contributed by atoms with Crippen LogP contribution in [0.5, 0.6) is 0 Å². The number of nitrogens with one attached hydrogen (secondary N) is 1. The molecule has 2 unspecified atom stereocenters. The van der Waals surface area contributed by atoms with Crippen LogP contribution in [0.2, 0.25) is 0 Å². The summed E-state index contributed by atoms with van der Waals surface area (Å²) in [5.41, 5.74) is 0. The number of ether oxygens (including phenoxy) is 1. The summed E-state index contributed by atoms with van der Waals surface area (Å²) >= 11 is 0. The summed E-state index contributed by atoms with van der Waals surface area (Å²) in [5, 5.41) is 3.63. The summed E-state index contributed by atoms with van der Waals surface area (Å²) < 4.78 is 5.42. The zero-order valence-electron chi connectivity index (χ0n) is 9.01. The molecule has 1 rings (SSSR count). The maximum Gasteiger partial charge on any atom is 0.0619 e. The van der Waals surface area contributed by atoms with Crippen molar-refractivity contribution < 1.29 is 4.74 Å². The van der Waals surface area contributed by atoms with E-state index in [1.165, 1.54) is 32.1 Å². The average molecular weight is 185 g/mol. The third kappa shape index (κ3) is 4.63. The molecule has 1 N–H and O–H groups in total. The van der Waals surface area contributed by atoms with E-state index in [4.69, 9.17) is 4.74 Å². The van der Waals surface area contributed by atoms with Gasteiger partial charge in [0.1, 0.15) is 0 Å². The van der Waals surface area contributed by atoms with Crippen molar-refractivity contribution in [1.29, 1.82) is 0 Å². The predicted molar refractivity (Wildman–Crippen MR) is 56.0 cm³/mol. The smallest absolute Gasteiger partial charge is 0.0619 e. The first kappa shape index (κ1) is 11.0. The summed E-state index contributed by atoms with van der Waals surface area (Å²) in [5.74, 6) is 0. The Labute approximate surface area is 82.0 Å². The van der Waals surface area contributed by atoms with Gasteiger partial charge in [-0.15, -0.1) is 0 Å². The zero-order chi connectivity index (χ0) is 9.52. The monoisotopic (exact) mass is 185 g/mol. The van der Waals surface area contributed by atoms with Crippen molar-refractivity contribution in [3.05, 3.63) is 0 Å². The molecule has 0 aromatic carbocycles. The van der Waals surface area contributed by atoms with E-state index in [0.717, 1.165) is 13.2 Å². The van der Waals surface area contributed by atoms with Gasteiger partial charge in [-0.1, -0.05) is 19.8 Å². The number of rotatable bonds is 5. The zero-order valence-corrected chi connectivity index (χ0v) is 9.01. The minimum atomic E-state index is 0.612. The minimum Gasteiger partial charge on any atom is -0.380 e. The lowest BCUT2D eigenvalue weighted by molar-refractivity contribution is 0.0666. The third-order valence-corrected chi connectivity index (χ3v) is 2.67. The first-order valence-corrected chi connectivity index (χ1v) is 5.66. The van der Waals surface area contributed by atoms with E-state index in [2.05, 4.69) is 19.2 Å². The third-order valence-electron chi connectivity index (χ3n) is 2.67. The highest BCUT2D eigenvalue weighted by atomic mass is 16.5. The first-order valence-electron chi connectivity index (χ1n) is 5.66. The number of hydrogen-bond acceptors (Lipinski definition) is 2. The van der Waals surface area contributed by atoms with E-state index in [9.17, 15) is 0 Å². The lowest BCUT2D eigenvalue weighted by Crippen LogP contribution is -2.41. The van der Waals surface area contributed by atoms with E-state index in [1.807, 2.05) is 0 Å². The molecule has 1 aliphatic rings. The number of hydrogen-bond donors (Lipinski definition) is 1. The van der Waals surface area contributed by atoms with E-state index in [-0.39, 0.29) is 0 Å². The Kier molecular flexibility index (Phi) is 5.40. The SMILES string of the molecule is CCCCC(C)NC1CCCOC1. The predicted octanol–water partition coefficient (Wildman–Crippen LogP) is 2.33. The van der Waals surface area contributed by atoms with Gasteiger partial charge in [-0.05, 0) is 26.2 Å². The fourth-order valence-corrected chi connectivity index (χ4v) is 1.87. The van der Waals surface area contributed by atoms with Crippen molar-refractivity contribution in [1.82, 2.24) is 5.32 Å². The van der Waals surface area contributed by atoms with Crippen molar-refractivity contribution in [3.8, 4) is 0 Å². The molecule has 1 heterocycles. The minimum absolute atomic E-state index is 0.612. The highest BCUT2D eigenvalue weighted by Gasteiger charge is 2.15. The molecule has 0 saturated carbocycles. The van der Waals surface area contributed by atoms with E-state index >= 15 is 0 Å². The Balaban J connectivity index is 2.07. The number of unbranched alkanes of at least 4 members (excludes halogenated alkanes) is 1. The summed E-state index contributed by atoms with van der Waals surface area (Å²) in [6.07, 6.45) is 6.44. The van der Waals surface area contributed by atoms with Crippen molar-refractivity contribution in [2.45, 2.75) is 58.0 Å². The fraction of sp³-hybridized carbons (Fsp3) is 1.00. The van der Waals surface area contributed by atoms with Crippen LogP contribution in [0.25, 0.3) is 0 Å². The van der Waals surface area contributed by atoms with Crippen molar-refractivity contribution in [2.24, 2.45) is 0 Å². The van der Waals surface area contributed by atoms with Crippen LogP contribution in [0.15, 0.2) is 0 Å². The van der Waals surface area contributed by atoms with Gasteiger partial charge in [-0.2, -0.15) is 0 Å². The molecular weight excluding hydrogens is 162 g/mol. The van der Waals surface area contributed by atoms with Crippen molar-refractivity contribution in [2.75, 3.05) is 13.2 Å². The molecule has 0 radical (unpaired) electrons. The molecule has 1 saturated heterocycles. The molecule has 13 heavy (non-hydrogen) atoms. The molecule has 0 aliphatic carbocycles. The van der Waals surface area contributed by atoms with Gasteiger partial charge in [0.15, 0.2) is 0 Å². The molecule has 1 aliphatic heterocycles. The molecule has 0 aromatic rings. The van der Waals surface area contributed by atoms with Gasteiger partial charge in [-0.3, -0.25) is 0 Å². The van der Waals surface area contributed by atoms with Crippen LogP contribution in [-0.2, 0) is 4.74 Å². The van der Waals surface area contributed by atoms with Gasteiger partial charge in [0.2, 0.25) is 0 Å². The van der Waals surface area contributed by atoms with Crippen LogP contribution >= 0.6 is 0 Å². The fourth-order valence-electron chi connectivity index (χ4n) is 1.87. The molecule has 0 aromatic heterocycles. The molecule has 0 bridgehead atoms. The second-order valence-corrected chi connectivity index (χ2v) is 4.12.